The summed E-state index contributed by atoms with van der Waals surface area (Å²) in [6.45, 7) is 7.22. The second kappa shape index (κ2) is 10.5. The Labute approximate surface area is 179 Å². The monoisotopic (exact) mass is 434 g/mol. The maximum absolute atomic E-state index is 14.1. The van der Waals surface area contributed by atoms with Gasteiger partial charge in [0.1, 0.15) is 5.57 Å². The largest absolute Gasteiger partial charge is 0.481 e. The van der Waals surface area contributed by atoms with Crippen LogP contribution in [0.2, 0.25) is 0 Å². The molecule has 0 unspecified atom stereocenters. The smallest absolute Gasteiger partial charge is 0.422 e. The number of aromatic nitrogens is 1. The molecule has 0 aliphatic rings. The zero-order valence-corrected chi connectivity index (χ0v) is 18.5. The summed E-state index contributed by atoms with van der Waals surface area (Å²) in [5, 5.41) is 0. The number of alkyl halides is 3. The van der Waals surface area contributed by atoms with Crippen LogP contribution in [0.3, 0.4) is 0 Å². The highest BCUT2D eigenvalue weighted by Crippen LogP contribution is 2.42. The lowest BCUT2D eigenvalue weighted by Crippen LogP contribution is -2.17. The van der Waals surface area contributed by atoms with Gasteiger partial charge in [0.15, 0.2) is 0 Å². The zero-order chi connectivity index (χ0) is 22.3. The molecule has 2 rings (SSSR count). The van der Waals surface area contributed by atoms with Crippen LogP contribution in [0.15, 0.2) is 74.9 Å². The lowest BCUT2D eigenvalue weighted by atomic mass is 10.2. The van der Waals surface area contributed by atoms with Crippen LogP contribution in [0.1, 0.15) is 37.1 Å². The van der Waals surface area contributed by atoms with Crippen LogP contribution in [0.5, 0.6) is 0 Å². The van der Waals surface area contributed by atoms with Gasteiger partial charge in [0.05, 0.1) is 18.5 Å². The third-order valence-electron chi connectivity index (χ3n) is 4.13. The Morgan fingerprint density at radius 1 is 1.10 bits per heavy atom. The Kier molecular flexibility index (Phi) is 8.29. The maximum Gasteiger partial charge on any atom is 0.422 e. The van der Waals surface area contributed by atoms with Gasteiger partial charge in [-0.3, -0.25) is 4.98 Å². The number of pyridine rings is 1. The van der Waals surface area contributed by atoms with Crippen molar-refractivity contribution in [2.75, 3.05) is 7.11 Å². The molecule has 7 heteroatoms. The summed E-state index contributed by atoms with van der Waals surface area (Å²) in [4.78, 5) is 9.15. The van der Waals surface area contributed by atoms with Crippen molar-refractivity contribution in [1.29, 1.82) is 0 Å². The number of aryl methyl sites for hydroxylation is 2. The van der Waals surface area contributed by atoms with Crippen molar-refractivity contribution in [3.8, 4) is 0 Å². The van der Waals surface area contributed by atoms with Crippen molar-refractivity contribution < 1.29 is 17.9 Å². The van der Waals surface area contributed by atoms with Crippen LogP contribution in [0, 0.1) is 13.8 Å². The summed E-state index contributed by atoms with van der Waals surface area (Å²) in [5.74, 6) is -0.485. The fourth-order valence-corrected chi connectivity index (χ4v) is 3.66. The molecule has 0 radical (unpaired) electrons. The quantitative estimate of drug-likeness (QED) is 0.203. The van der Waals surface area contributed by atoms with Gasteiger partial charge >= 0.3 is 6.18 Å². The summed E-state index contributed by atoms with van der Waals surface area (Å²) in [7, 11) is 1.19. The first-order chi connectivity index (χ1) is 14.2. The minimum Gasteiger partial charge on any atom is -0.481 e. The fraction of sp³-hybridized carbons (Fsp3) is 0.304. The van der Waals surface area contributed by atoms with Crippen molar-refractivity contribution in [2.24, 2.45) is 4.99 Å². The molecule has 0 amide bonds. The molecule has 1 heterocycles. The van der Waals surface area contributed by atoms with Crippen LogP contribution in [0.25, 0.3) is 0 Å². The zero-order valence-electron chi connectivity index (χ0n) is 17.7. The lowest BCUT2D eigenvalue weighted by Gasteiger charge is -2.18. The van der Waals surface area contributed by atoms with E-state index in [1.54, 1.807) is 44.3 Å². The predicted octanol–water partition coefficient (Wildman–Crippen LogP) is 7.01. The van der Waals surface area contributed by atoms with E-state index in [9.17, 15) is 13.2 Å². The van der Waals surface area contributed by atoms with Crippen LogP contribution < -0.4 is 0 Å². The molecule has 1 aromatic heterocycles. The molecule has 2 aromatic rings. The van der Waals surface area contributed by atoms with Gasteiger partial charge in [0.2, 0.25) is 5.88 Å². The molecular formula is C23H25F3N2OS. The van der Waals surface area contributed by atoms with E-state index >= 15 is 0 Å². The summed E-state index contributed by atoms with van der Waals surface area (Å²) in [5.41, 5.74) is 1.92. The molecule has 0 saturated heterocycles. The fourth-order valence-electron chi connectivity index (χ4n) is 2.57. The number of allylic oxidation sites excluding steroid dienone is 2. The van der Waals surface area contributed by atoms with Gasteiger partial charge < -0.3 is 4.74 Å². The number of halogens is 3. The Morgan fingerprint density at radius 3 is 2.23 bits per heavy atom. The van der Waals surface area contributed by atoms with Gasteiger partial charge in [0.25, 0.3) is 0 Å². The predicted molar refractivity (Wildman–Crippen MR) is 117 cm³/mol. The Morgan fingerprint density at radius 2 is 1.73 bits per heavy atom. The molecule has 0 bridgehead atoms. The highest BCUT2D eigenvalue weighted by Gasteiger charge is 2.40. The molecule has 1 aromatic carbocycles. The number of nitrogens with zero attached hydrogens (tertiary/aromatic N) is 2. The summed E-state index contributed by atoms with van der Waals surface area (Å²) in [6.07, 6.45) is -1.02. The summed E-state index contributed by atoms with van der Waals surface area (Å²) < 4.78 is 47.5. The number of rotatable bonds is 7. The number of aliphatic imine (C=N–C) groups is 1. The Bertz CT molecular complexity index is 944. The van der Waals surface area contributed by atoms with Gasteiger partial charge in [-0.2, -0.15) is 13.2 Å². The van der Waals surface area contributed by atoms with Gasteiger partial charge in [-0.05, 0) is 51.0 Å². The molecule has 30 heavy (non-hydrogen) atoms. The maximum atomic E-state index is 14.1. The number of hydrogen-bond donors (Lipinski definition) is 0. The molecular weight excluding hydrogens is 409 g/mol. The van der Waals surface area contributed by atoms with E-state index in [4.69, 9.17) is 4.74 Å². The van der Waals surface area contributed by atoms with Crippen molar-refractivity contribution in [2.45, 2.75) is 45.2 Å². The molecule has 160 valence electrons. The lowest BCUT2D eigenvalue weighted by molar-refractivity contribution is -0.0917. The average Bonchev–Trinajstić information content (AvgIpc) is 2.68. The third-order valence-corrected chi connectivity index (χ3v) is 5.23. The average molecular weight is 435 g/mol. The topological polar surface area (TPSA) is 34.5 Å². The Balaban J connectivity index is 2.57. The number of methoxy groups -OCH3 is 1. The Hall–Kier alpha value is -2.54. The molecule has 0 aliphatic heterocycles. The summed E-state index contributed by atoms with van der Waals surface area (Å²) in [6, 6.07) is 10.9. The van der Waals surface area contributed by atoms with Crippen molar-refractivity contribution in [1.82, 2.24) is 4.98 Å². The second-order valence-electron chi connectivity index (χ2n) is 6.69. The molecule has 0 N–H and O–H groups in total. The number of thioether (sulfide) groups is 1. The molecule has 0 atom stereocenters. The SMILES string of the molecule is CC/C=C(Sc1ccc(C)cc1)/C(=C(\N=C(/C)c1ccc(C)cn1)OC)C(F)(F)F. The third kappa shape index (κ3) is 6.49. The van der Waals surface area contributed by atoms with E-state index in [1.165, 1.54) is 7.11 Å². The van der Waals surface area contributed by atoms with Crippen molar-refractivity contribution in [3.05, 3.63) is 81.9 Å². The van der Waals surface area contributed by atoms with Gasteiger partial charge in [-0.15, -0.1) is 0 Å². The van der Waals surface area contributed by atoms with E-state index in [0.29, 0.717) is 22.7 Å². The van der Waals surface area contributed by atoms with Crippen LogP contribution in [0.4, 0.5) is 13.2 Å². The standard InChI is InChI=1S/C23H25F3N2OS/c1-6-7-20(30-18-11-8-15(2)9-12-18)21(23(24,25)26)22(29-5)28-17(4)19-13-10-16(3)14-27-19/h7-14H,6H2,1-5H3/b20-7-,22-21-,28-17+. The molecule has 0 saturated carbocycles. The normalized spacial score (nSPS) is 13.9. The second-order valence-corrected chi connectivity index (χ2v) is 7.81. The van der Waals surface area contributed by atoms with Gasteiger partial charge in [-0.25, -0.2) is 4.99 Å². The summed E-state index contributed by atoms with van der Waals surface area (Å²) >= 11 is 1.04. The van der Waals surface area contributed by atoms with E-state index in [-0.39, 0.29) is 4.91 Å². The highest BCUT2D eigenvalue weighted by molar-refractivity contribution is 8.03. The van der Waals surface area contributed by atoms with Crippen molar-refractivity contribution >= 4 is 17.5 Å². The first-order valence-electron chi connectivity index (χ1n) is 9.44. The van der Waals surface area contributed by atoms with Gasteiger partial charge in [0, 0.05) is 16.0 Å². The van der Waals surface area contributed by atoms with Gasteiger partial charge in [-0.1, -0.05) is 48.5 Å². The number of benzene rings is 1. The van der Waals surface area contributed by atoms with Crippen LogP contribution >= 0.6 is 11.8 Å². The first kappa shape index (κ1) is 23.7. The van der Waals surface area contributed by atoms with Crippen molar-refractivity contribution in [3.63, 3.8) is 0 Å². The van der Waals surface area contributed by atoms with Crippen LogP contribution in [-0.2, 0) is 4.74 Å². The minimum atomic E-state index is -4.64. The number of ether oxygens (including phenoxy) is 1. The van der Waals surface area contributed by atoms with E-state index < -0.39 is 17.6 Å². The first-order valence-corrected chi connectivity index (χ1v) is 10.3. The molecule has 0 spiro atoms. The van der Waals surface area contributed by atoms with E-state index in [2.05, 4.69) is 9.98 Å². The molecule has 3 nitrogen and oxygen atoms in total. The van der Waals surface area contributed by atoms with E-state index in [1.807, 2.05) is 32.0 Å². The minimum absolute atomic E-state index is 0.0547. The molecule has 0 aliphatic carbocycles. The number of hydrogen-bond acceptors (Lipinski definition) is 4. The molecule has 0 fully saturated rings. The van der Waals surface area contributed by atoms with Crippen LogP contribution in [-0.4, -0.2) is 24.0 Å². The highest BCUT2D eigenvalue weighted by atomic mass is 32.2. The van der Waals surface area contributed by atoms with E-state index in [0.717, 1.165) is 22.9 Å².